The van der Waals surface area contributed by atoms with E-state index in [0.717, 1.165) is 22.7 Å². The van der Waals surface area contributed by atoms with Crippen molar-refractivity contribution in [2.75, 3.05) is 6.54 Å². The van der Waals surface area contributed by atoms with Gasteiger partial charge in [0.15, 0.2) is 5.96 Å². The van der Waals surface area contributed by atoms with Gasteiger partial charge in [0, 0.05) is 29.2 Å². The van der Waals surface area contributed by atoms with Gasteiger partial charge in [-0.2, -0.15) is 0 Å². The Morgan fingerprint density at radius 2 is 1.82 bits per heavy atom. The average Bonchev–Trinajstić information content (AvgIpc) is 2.64. The second-order valence-electron chi connectivity index (χ2n) is 7.54. The van der Waals surface area contributed by atoms with Crippen LogP contribution in [0, 0.1) is 0 Å². The second kappa shape index (κ2) is 10.1. The molecule has 0 atom stereocenters. The van der Waals surface area contributed by atoms with Crippen molar-refractivity contribution < 1.29 is 4.79 Å². The van der Waals surface area contributed by atoms with Crippen LogP contribution in [0.2, 0.25) is 5.02 Å². The Labute approximate surface area is 172 Å². The molecule has 0 bridgehead atoms. The Kier molecular flexibility index (Phi) is 7.88. The van der Waals surface area contributed by atoms with Crippen LogP contribution in [-0.4, -0.2) is 24.0 Å². The number of hydrogen-bond acceptors (Lipinski definition) is 2. The Morgan fingerprint density at radius 3 is 2.50 bits per heavy atom. The molecule has 3 N–H and O–H groups in total. The highest BCUT2D eigenvalue weighted by Gasteiger charge is 2.15. The summed E-state index contributed by atoms with van der Waals surface area (Å²) in [7, 11) is 0. The second-order valence-corrected chi connectivity index (χ2v) is 7.95. The van der Waals surface area contributed by atoms with E-state index in [4.69, 9.17) is 11.6 Å². The smallest absolute Gasteiger partial charge is 0.251 e. The lowest BCUT2D eigenvalue weighted by Crippen LogP contribution is -2.40. The van der Waals surface area contributed by atoms with E-state index >= 15 is 0 Å². The van der Waals surface area contributed by atoms with Gasteiger partial charge in [0.05, 0.1) is 6.54 Å². The zero-order valence-corrected chi connectivity index (χ0v) is 17.7. The maximum absolute atomic E-state index is 12.4. The minimum atomic E-state index is -0.272. The maximum atomic E-state index is 12.4. The first-order valence-electron chi connectivity index (χ1n) is 9.45. The van der Waals surface area contributed by atoms with Gasteiger partial charge in [-0.3, -0.25) is 4.79 Å². The highest BCUT2D eigenvalue weighted by atomic mass is 35.5. The molecule has 28 heavy (non-hydrogen) atoms. The van der Waals surface area contributed by atoms with Crippen molar-refractivity contribution in [3.05, 3.63) is 70.2 Å². The van der Waals surface area contributed by atoms with E-state index in [1.54, 1.807) is 0 Å². The van der Waals surface area contributed by atoms with E-state index < -0.39 is 0 Å². The SMILES string of the molecule is CCNC(=NCc1cccc(C(=O)NC(C)(C)C)c1)NCc1ccccc1Cl. The zero-order chi connectivity index (χ0) is 20.6. The lowest BCUT2D eigenvalue weighted by molar-refractivity contribution is 0.0919. The van der Waals surface area contributed by atoms with E-state index in [0.29, 0.717) is 24.6 Å². The lowest BCUT2D eigenvalue weighted by atomic mass is 10.1. The third kappa shape index (κ3) is 7.24. The fourth-order valence-electron chi connectivity index (χ4n) is 2.56. The summed E-state index contributed by atoms with van der Waals surface area (Å²) in [6.45, 7) is 9.71. The molecular weight excluding hydrogens is 372 g/mol. The first-order valence-corrected chi connectivity index (χ1v) is 9.83. The van der Waals surface area contributed by atoms with Gasteiger partial charge < -0.3 is 16.0 Å². The maximum Gasteiger partial charge on any atom is 0.251 e. The van der Waals surface area contributed by atoms with Crippen LogP contribution in [0.1, 0.15) is 49.2 Å². The summed E-state index contributed by atoms with van der Waals surface area (Å²) in [4.78, 5) is 17.0. The number of hydrogen-bond donors (Lipinski definition) is 3. The third-order valence-electron chi connectivity index (χ3n) is 3.85. The molecule has 0 fully saturated rings. The van der Waals surface area contributed by atoms with E-state index in [-0.39, 0.29) is 11.4 Å². The molecule has 6 heteroatoms. The van der Waals surface area contributed by atoms with Crippen molar-refractivity contribution in [3.63, 3.8) is 0 Å². The molecule has 0 unspecified atom stereocenters. The summed E-state index contributed by atoms with van der Waals surface area (Å²) in [6.07, 6.45) is 0. The Morgan fingerprint density at radius 1 is 1.07 bits per heavy atom. The van der Waals surface area contributed by atoms with Gasteiger partial charge in [-0.15, -0.1) is 0 Å². The monoisotopic (exact) mass is 400 g/mol. The number of rotatable bonds is 6. The van der Waals surface area contributed by atoms with Gasteiger partial charge in [0.2, 0.25) is 0 Å². The van der Waals surface area contributed by atoms with E-state index in [1.165, 1.54) is 0 Å². The van der Waals surface area contributed by atoms with Gasteiger partial charge >= 0.3 is 0 Å². The van der Waals surface area contributed by atoms with Crippen LogP contribution < -0.4 is 16.0 Å². The molecule has 0 saturated carbocycles. The predicted octanol–water partition coefficient (Wildman–Crippen LogP) is 4.12. The highest BCUT2D eigenvalue weighted by Crippen LogP contribution is 2.14. The molecule has 0 aromatic heterocycles. The Bertz CT molecular complexity index is 827. The summed E-state index contributed by atoms with van der Waals surface area (Å²) in [5.41, 5.74) is 2.34. The number of nitrogens with zero attached hydrogens (tertiary/aromatic N) is 1. The van der Waals surface area contributed by atoms with Gasteiger partial charge in [-0.05, 0) is 57.0 Å². The minimum absolute atomic E-state index is 0.0814. The fourth-order valence-corrected chi connectivity index (χ4v) is 2.76. The van der Waals surface area contributed by atoms with Crippen molar-refractivity contribution in [2.24, 2.45) is 4.99 Å². The molecular formula is C22H29ClN4O. The number of nitrogens with one attached hydrogen (secondary N) is 3. The normalized spacial score (nSPS) is 11.8. The number of halogens is 1. The molecule has 1 amide bonds. The number of guanidine groups is 1. The van der Waals surface area contributed by atoms with Gasteiger partial charge in [-0.1, -0.05) is 41.9 Å². The molecule has 0 spiro atoms. The van der Waals surface area contributed by atoms with Gasteiger partial charge in [0.1, 0.15) is 0 Å². The van der Waals surface area contributed by atoms with Gasteiger partial charge in [-0.25, -0.2) is 4.99 Å². The molecule has 150 valence electrons. The number of carbonyl (C=O) groups excluding carboxylic acids is 1. The lowest BCUT2D eigenvalue weighted by Gasteiger charge is -2.20. The molecule has 2 rings (SSSR count). The predicted molar refractivity (Wildman–Crippen MR) is 117 cm³/mol. The Hall–Kier alpha value is -2.53. The van der Waals surface area contributed by atoms with E-state index in [1.807, 2.05) is 76.2 Å². The summed E-state index contributed by atoms with van der Waals surface area (Å²) in [5, 5.41) is 10.2. The average molecular weight is 401 g/mol. The molecule has 2 aromatic carbocycles. The topological polar surface area (TPSA) is 65.5 Å². The van der Waals surface area contributed by atoms with Crippen LogP contribution in [0.15, 0.2) is 53.5 Å². The zero-order valence-electron chi connectivity index (χ0n) is 17.0. The molecule has 0 heterocycles. The molecule has 0 aliphatic carbocycles. The molecule has 0 saturated heterocycles. The van der Waals surface area contributed by atoms with Crippen molar-refractivity contribution in [1.82, 2.24) is 16.0 Å². The van der Waals surface area contributed by atoms with Crippen molar-refractivity contribution in [3.8, 4) is 0 Å². The van der Waals surface area contributed by atoms with Crippen LogP contribution in [-0.2, 0) is 13.1 Å². The first kappa shape index (κ1) is 21.8. The molecule has 0 aliphatic heterocycles. The summed E-state index contributed by atoms with van der Waals surface area (Å²) >= 11 is 6.21. The minimum Gasteiger partial charge on any atom is -0.357 e. The fraction of sp³-hybridized carbons (Fsp3) is 0.364. The third-order valence-corrected chi connectivity index (χ3v) is 4.21. The molecule has 2 aromatic rings. The Balaban J connectivity index is 2.05. The quantitative estimate of drug-likeness (QED) is 0.504. The van der Waals surface area contributed by atoms with Crippen LogP contribution in [0.3, 0.4) is 0 Å². The highest BCUT2D eigenvalue weighted by molar-refractivity contribution is 6.31. The number of amides is 1. The van der Waals surface area contributed by atoms with Gasteiger partial charge in [0.25, 0.3) is 5.91 Å². The van der Waals surface area contributed by atoms with E-state index in [9.17, 15) is 4.79 Å². The molecule has 0 radical (unpaired) electrons. The van der Waals surface area contributed by atoms with Crippen molar-refractivity contribution >= 4 is 23.5 Å². The number of aliphatic imine (C=N–C) groups is 1. The van der Waals surface area contributed by atoms with Crippen LogP contribution >= 0.6 is 11.6 Å². The summed E-state index contributed by atoms with van der Waals surface area (Å²) < 4.78 is 0. The van der Waals surface area contributed by atoms with E-state index in [2.05, 4.69) is 20.9 Å². The largest absolute Gasteiger partial charge is 0.357 e. The summed E-state index contributed by atoms with van der Waals surface area (Å²) in [5.74, 6) is 0.619. The first-order chi connectivity index (χ1) is 13.3. The van der Waals surface area contributed by atoms with Crippen LogP contribution in [0.4, 0.5) is 0 Å². The molecule has 0 aliphatic rings. The van der Waals surface area contributed by atoms with Crippen LogP contribution in [0.5, 0.6) is 0 Å². The number of carbonyl (C=O) groups is 1. The summed E-state index contributed by atoms with van der Waals surface area (Å²) in [6, 6.07) is 15.3. The van der Waals surface area contributed by atoms with Crippen molar-refractivity contribution in [1.29, 1.82) is 0 Å². The standard InChI is InChI=1S/C22H29ClN4O/c1-5-24-21(26-15-18-10-6-7-12-19(18)23)25-14-16-9-8-11-17(13-16)20(28)27-22(2,3)4/h6-13H,5,14-15H2,1-4H3,(H,27,28)(H2,24,25,26). The van der Waals surface area contributed by atoms with Crippen molar-refractivity contribution in [2.45, 2.75) is 46.3 Å². The van der Waals surface area contributed by atoms with Crippen LogP contribution in [0.25, 0.3) is 0 Å². The number of benzene rings is 2. The molecule has 5 nitrogen and oxygen atoms in total.